The number of rotatable bonds is 4. The summed E-state index contributed by atoms with van der Waals surface area (Å²) in [4.78, 5) is 0. The minimum Gasteiger partial charge on any atom is -0.310 e. The van der Waals surface area contributed by atoms with Gasteiger partial charge >= 0.3 is 0 Å². The lowest BCUT2D eigenvalue weighted by Gasteiger charge is -2.13. The zero-order chi connectivity index (χ0) is 13.2. The molecular formula is C11H12F5N. The van der Waals surface area contributed by atoms with Crippen molar-refractivity contribution in [2.24, 2.45) is 0 Å². The van der Waals surface area contributed by atoms with Crippen LogP contribution in [0.3, 0.4) is 0 Å². The van der Waals surface area contributed by atoms with Gasteiger partial charge in [0.05, 0.1) is 0 Å². The largest absolute Gasteiger partial charge is 0.310 e. The highest BCUT2D eigenvalue weighted by molar-refractivity contribution is 5.24. The summed E-state index contributed by atoms with van der Waals surface area (Å²) in [6, 6.07) is -0.0787. The SMILES string of the molecule is CCC(C)NCc1c(F)c(F)c(F)c(F)c1F. The third-order valence-corrected chi connectivity index (χ3v) is 2.54. The zero-order valence-electron chi connectivity index (χ0n) is 9.38. The molecule has 0 saturated heterocycles. The molecule has 0 aliphatic carbocycles. The first-order chi connectivity index (χ1) is 7.90. The van der Waals surface area contributed by atoms with Crippen LogP contribution in [0.5, 0.6) is 0 Å². The fraction of sp³-hybridized carbons (Fsp3) is 0.455. The maximum absolute atomic E-state index is 13.2. The standard InChI is InChI=1S/C11H12F5N/c1-3-5(2)17-4-6-7(12)9(14)11(16)10(15)8(6)13/h5,17H,3-4H2,1-2H3. The fourth-order valence-corrected chi connectivity index (χ4v) is 1.23. The second kappa shape index (κ2) is 5.44. The number of hydrogen-bond acceptors (Lipinski definition) is 1. The van der Waals surface area contributed by atoms with Gasteiger partial charge < -0.3 is 5.32 Å². The molecule has 1 unspecified atom stereocenters. The Morgan fingerprint density at radius 3 is 1.71 bits per heavy atom. The van der Waals surface area contributed by atoms with E-state index in [0.717, 1.165) is 0 Å². The predicted molar refractivity (Wildman–Crippen MR) is 52.8 cm³/mol. The Morgan fingerprint density at radius 1 is 0.882 bits per heavy atom. The molecule has 0 aromatic heterocycles. The Hall–Kier alpha value is -1.17. The van der Waals surface area contributed by atoms with E-state index in [1.54, 1.807) is 6.92 Å². The van der Waals surface area contributed by atoms with Crippen molar-refractivity contribution in [3.8, 4) is 0 Å². The molecule has 0 bridgehead atoms. The zero-order valence-corrected chi connectivity index (χ0v) is 9.38. The van der Waals surface area contributed by atoms with E-state index in [9.17, 15) is 22.0 Å². The molecule has 0 fully saturated rings. The Bertz CT molecular complexity index is 390. The van der Waals surface area contributed by atoms with E-state index in [1.165, 1.54) is 0 Å². The molecule has 17 heavy (non-hydrogen) atoms. The van der Waals surface area contributed by atoms with Crippen molar-refractivity contribution in [3.05, 3.63) is 34.6 Å². The number of halogens is 5. The van der Waals surface area contributed by atoms with E-state index in [4.69, 9.17) is 0 Å². The maximum Gasteiger partial charge on any atom is 0.200 e. The molecule has 0 amide bonds. The van der Waals surface area contributed by atoms with E-state index < -0.39 is 41.2 Å². The van der Waals surface area contributed by atoms with Gasteiger partial charge in [-0.1, -0.05) is 6.92 Å². The molecule has 96 valence electrons. The first-order valence-corrected chi connectivity index (χ1v) is 5.13. The summed E-state index contributed by atoms with van der Waals surface area (Å²) >= 11 is 0. The Balaban J connectivity index is 3.07. The van der Waals surface area contributed by atoms with Crippen LogP contribution < -0.4 is 5.32 Å². The van der Waals surface area contributed by atoms with Crippen molar-refractivity contribution in [1.29, 1.82) is 0 Å². The predicted octanol–water partition coefficient (Wildman–Crippen LogP) is 3.27. The van der Waals surface area contributed by atoms with Crippen molar-refractivity contribution in [2.45, 2.75) is 32.9 Å². The molecule has 0 radical (unpaired) electrons. The minimum atomic E-state index is -2.13. The monoisotopic (exact) mass is 253 g/mol. The van der Waals surface area contributed by atoms with Crippen molar-refractivity contribution < 1.29 is 22.0 Å². The molecule has 0 spiro atoms. The second-order valence-corrected chi connectivity index (χ2v) is 3.74. The van der Waals surface area contributed by atoms with Gasteiger partial charge in [-0.25, -0.2) is 22.0 Å². The number of nitrogens with one attached hydrogen (secondary N) is 1. The van der Waals surface area contributed by atoms with Gasteiger partial charge in [-0.3, -0.25) is 0 Å². The average molecular weight is 253 g/mol. The first-order valence-electron chi connectivity index (χ1n) is 5.13. The van der Waals surface area contributed by atoms with Gasteiger partial charge in [-0.2, -0.15) is 0 Å². The van der Waals surface area contributed by atoms with E-state index in [2.05, 4.69) is 5.32 Å². The lowest BCUT2D eigenvalue weighted by Crippen LogP contribution is -2.26. The summed E-state index contributed by atoms with van der Waals surface area (Å²) < 4.78 is 64.7. The molecular weight excluding hydrogens is 241 g/mol. The normalized spacial score (nSPS) is 12.9. The highest BCUT2D eigenvalue weighted by Gasteiger charge is 2.25. The summed E-state index contributed by atoms with van der Waals surface area (Å²) in [6.45, 7) is 3.17. The van der Waals surface area contributed by atoms with E-state index in [-0.39, 0.29) is 6.04 Å². The molecule has 6 heteroatoms. The smallest absolute Gasteiger partial charge is 0.200 e. The number of benzene rings is 1. The van der Waals surface area contributed by atoms with Crippen molar-refractivity contribution in [3.63, 3.8) is 0 Å². The van der Waals surface area contributed by atoms with E-state index in [1.807, 2.05) is 6.92 Å². The van der Waals surface area contributed by atoms with Crippen LogP contribution in [0.1, 0.15) is 25.8 Å². The summed E-state index contributed by atoms with van der Waals surface area (Å²) in [5.74, 6) is -9.52. The van der Waals surface area contributed by atoms with Crippen LogP contribution >= 0.6 is 0 Å². The molecule has 1 rings (SSSR count). The van der Waals surface area contributed by atoms with Gasteiger partial charge in [-0.15, -0.1) is 0 Å². The molecule has 1 aromatic rings. The summed E-state index contributed by atoms with van der Waals surface area (Å²) in [7, 11) is 0. The van der Waals surface area contributed by atoms with Crippen LogP contribution in [0.2, 0.25) is 0 Å². The van der Waals surface area contributed by atoms with Crippen LogP contribution in [0.15, 0.2) is 0 Å². The molecule has 1 aromatic carbocycles. The second-order valence-electron chi connectivity index (χ2n) is 3.74. The molecule has 0 heterocycles. The van der Waals surface area contributed by atoms with Gasteiger partial charge in [0.25, 0.3) is 0 Å². The lowest BCUT2D eigenvalue weighted by atomic mass is 10.1. The quantitative estimate of drug-likeness (QED) is 0.493. The summed E-state index contributed by atoms with van der Waals surface area (Å²) in [5.41, 5.74) is -0.832. The van der Waals surface area contributed by atoms with Gasteiger partial charge in [0.2, 0.25) is 5.82 Å². The third-order valence-electron chi connectivity index (χ3n) is 2.54. The summed E-state index contributed by atoms with van der Waals surface area (Å²) in [5, 5.41) is 2.67. The van der Waals surface area contributed by atoms with E-state index >= 15 is 0 Å². The van der Waals surface area contributed by atoms with Crippen molar-refractivity contribution >= 4 is 0 Å². The van der Waals surface area contributed by atoms with Gasteiger partial charge in [0.1, 0.15) is 0 Å². The number of hydrogen-bond donors (Lipinski definition) is 1. The third kappa shape index (κ3) is 2.74. The van der Waals surface area contributed by atoms with Crippen LogP contribution in [-0.2, 0) is 6.54 Å². The first kappa shape index (κ1) is 13.9. The van der Waals surface area contributed by atoms with Gasteiger partial charge in [0, 0.05) is 18.2 Å². The molecule has 0 aliphatic heterocycles. The van der Waals surface area contributed by atoms with Gasteiger partial charge in [0.15, 0.2) is 23.3 Å². The molecule has 1 atom stereocenters. The minimum absolute atomic E-state index is 0.0787. The highest BCUT2D eigenvalue weighted by Crippen LogP contribution is 2.22. The van der Waals surface area contributed by atoms with Crippen molar-refractivity contribution in [2.75, 3.05) is 0 Å². The molecule has 0 aliphatic rings. The van der Waals surface area contributed by atoms with Crippen LogP contribution in [0, 0.1) is 29.1 Å². The lowest BCUT2D eigenvalue weighted by molar-refractivity contribution is 0.364. The van der Waals surface area contributed by atoms with Gasteiger partial charge in [-0.05, 0) is 13.3 Å². The Kier molecular flexibility index (Phi) is 4.45. The Morgan fingerprint density at radius 2 is 1.29 bits per heavy atom. The molecule has 0 saturated carbocycles. The highest BCUT2D eigenvalue weighted by atomic mass is 19.2. The fourth-order valence-electron chi connectivity index (χ4n) is 1.23. The average Bonchev–Trinajstić information content (AvgIpc) is 2.33. The maximum atomic E-state index is 13.2. The van der Waals surface area contributed by atoms with Crippen LogP contribution in [0.25, 0.3) is 0 Å². The topological polar surface area (TPSA) is 12.0 Å². The Labute approximate surface area is 95.6 Å². The summed E-state index contributed by atoms with van der Waals surface area (Å²) in [6.07, 6.45) is 0.676. The van der Waals surface area contributed by atoms with Crippen molar-refractivity contribution in [1.82, 2.24) is 5.32 Å². The van der Waals surface area contributed by atoms with Crippen LogP contribution in [-0.4, -0.2) is 6.04 Å². The molecule has 1 N–H and O–H groups in total. The van der Waals surface area contributed by atoms with E-state index in [0.29, 0.717) is 6.42 Å². The van der Waals surface area contributed by atoms with Crippen LogP contribution in [0.4, 0.5) is 22.0 Å². The molecule has 1 nitrogen and oxygen atoms in total.